The maximum absolute atomic E-state index is 13.0. The van der Waals surface area contributed by atoms with Crippen LogP contribution in [0.4, 0.5) is 14.3 Å². The highest BCUT2D eigenvalue weighted by atomic mass is 19.2. The molecular formula is C26H29BF2N2O4. The molecule has 0 fully saturated rings. The lowest BCUT2D eigenvalue weighted by Gasteiger charge is -2.27. The number of para-hydroxylation sites is 1. The number of carbonyl (C=O) groups excluding carboxylic acids is 1. The Morgan fingerprint density at radius 1 is 1.20 bits per heavy atom. The van der Waals surface area contributed by atoms with Crippen molar-refractivity contribution in [3.63, 3.8) is 0 Å². The summed E-state index contributed by atoms with van der Waals surface area (Å²) in [7, 11) is -1.68. The fraction of sp³-hybridized carbons (Fsp3) is 0.308. The van der Waals surface area contributed by atoms with Crippen LogP contribution in [0.5, 0.6) is 5.75 Å². The van der Waals surface area contributed by atoms with Crippen molar-refractivity contribution in [3.8, 4) is 5.75 Å². The number of carbonyl (C=O) groups is 1. The molecule has 184 valence electrons. The van der Waals surface area contributed by atoms with Crippen LogP contribution in [0, 0.1) is 6.92 Å². The summed E-state index contributed by atoms with van der Waals surface area (Å²) in [5.41, 5.74) is 2.23. The first-order valence-corrected chi connectivity index (χ1v) is 11.5. The Balaban J connectivity index is 1.93. The normalized spacial score (nSPS) is 14.0. The second kappa shape index (κ2) is 12.3. The molecule has 0 unspecified atom stereocenters. The van der Waals surface area contributed by atoms with Gasteiger partial charge in [0.15, 0.2) is 5.78 Å². The van der Waals surface area contributed by atoms with E-state index in [2.05, 4.69) is 16.5 Å². The van der Waals surface area contributed by atoms with Gasteiger partial charge in [0.1, 0.15) is 11.3 Å². The molecule has 0 N–H and O–H groups in total. The SMILES string of the molecule is CCCCN1C=C/C(=C\C=C\C(=O)c2c(OB(F)F)cc(C)n(CCOC)c2=O)c2ccccc21. The van der Waals surface area contributed by atoms with E-state index in [0.29, 0.717) is 5.69 Å². The van der Waals surface area contributed by atoms with Gasteiger partial charge in [0.2, 0.25) is 0 Å². The van der Waals surface area contributed by atoms with Crippen molar-refractivity contribution in [1.29, 1.82) is 0 Å². The number of hydrogen-bond donors (Lipinski definition) is 0. The van der Waals surface area contributed by atoms with E-state index in [9.17, 15) is 18.2 Å². The minimum Gasteiger partial charge on any atom is -0.504 e. The lowest BCUT2D eigenvalue weighted by Crippen LogP contribution is -2.30. The predicted molar refractivity (Wildman–Crippen MR) is 135 cm³/mol. The number of ketones is 1. The second-order valence-corrected chi connectivity index (χ2v) is 8.08. The van der Waals surface area contributed by atoms with E-state index in [1.165, 1.54) is 29.9 Å². The number of ether oxygens (including phenoxy) is 1. The number of halogens is 2. The van der Waals surface area contributed by atoms with Gasteiger partial charge in [-0.1, -0.05) is 43.7 Å². The molecule has 1 aliphatic heterocycles. The number of aryl methyl sites for hydroxylation is 1. The van der Waals surface area contributed by atoms with Gasteiger partial charge in [-0.2, -0.15) is 0 Å². The van der Waals surface area contributed by atoms with Crippen molar-refractivity contribution in [2.45, 2.75) is 33.2 Å². The Labute approximate surface area is 204 Å². The maximum Gasteiger partial charge on any atom is 0.796 e. The van der Waals surface area contributed by atoms with Gasteiger partial charge in [0.05, 0.1) is 6.61 Å². The zero-order chi connectivity index (χ0) is 25.4. The molecule has 0 atom stereocenters. The molecule has 2 heterocycles. The molecule has 3 rings (SSSR count). The van der Waals surface area contributed by atoms with Crippen LogP contribution in [0.15, 0.2) is 65.6 Å². The van der Waals surface area contributed by atoms with Crippen molar-refractivity contribution in [2.75, 3.05) is 25.2 Å². The minimum absolute atomic E-state index is 0.181. The number of fused-ring (bicyclic) bond motifs is 1. The number of aromatic nitrogens is 1. The molecule has 0 aliphatic carbocycles. The summed E-state index contributed by atoms with van der Waals surface area (Å²) < 4.78 is 36.8. The fourth-order valence-corrected chi connectivity index (χ4v) is 3.92. The average molecular weight is 482 g/mol. The zero-order valence-electron chi connectivity index (χ0n) is 20.2. The van der Waals surface area contributed by atoms with Crippen LogP contribution >= 0.6 is 0 Å². The molecular weight excluding hydrogens is 453 g/mol. The van der Waals surface area contributed by atoms with Crippen molar-refractivity contribution in [1.82, 2.24) is 4.57 Å². The first-order chi connectivity index (χ1) is 16.9. The van der Waals surface area contributed by atoms with E-state index >= 15 is 0 Å². The van der Waals surface area contributed by atoms with Gasteiger partial charge in [-0.15, -0.1) is 0 Å². The summed E-state index contributed by atoms with van der Waals surface area (Å²) in [6.07, 6.45) is 10.6. The molecule has 0 saturated carbocycles. The summed E-state index contributed by atoms with van der Waals surface area (Å²) in [5.74, 6) is -1.15. The van der Waals surface area contributed by atoms with Crippen LogP contribution < -0.4 is 15.1 Å². The van der Waals surface area contributed by atoms with Crippen molar-refractivity contribution < 1.29 is 22.8 Å². The molecule has 0 spiro atoms. The Morgan fingerprint density at radius 3 is 2.69 bits per heavy atom. The first kappa shape index (κ1) is 26.2. The lowest BCUT2D eigenvalue weighted by atomic mass is 9.99. The van der Waals surface area contributed by atoms with E-state index in [0.717, 1.165) is 36.2 Å². The van der Waals surface area contributed by atoms with E-state index in [1.807, 2.05) is 36.5 Å². The number of rotatable bonds is 11. The molecule has 6 nitrogen and oxygen atoms in total. The third-order valence-corrected chi connectivity index (χ3v) is 5.69. The van der Waals surface area contributed by atoms with Crippen LogP contribution in [-0.4, -0.2) is 38.1 Å². The van der Waals surface area contributed by atoms with Crippen LogP contribution in [0.25, 0.3) is 5.57 Å². The highest BCUT2D eigenvalue weighted by Gasteiger charge is 2.25. The third-order valence-electron chi connectivity index (χ3n) is 5.69. The largest absolute Gasteiger partial charge is 0.796 e. The Hall–Kier alpha value is -3.46. The van der Waals surface area contributed by atoms with Gasteiger partial charge in [-0.05, 0) is 43.2 Å². The van der Waals surface area contributed by atoms with Gasteiger partial charge in [0.25, 0.3) is 5.56 Å². The molecule has 0 amide bonds. The molecule has 0 bridgehead atoms. The van der Waals surface area contributed by atoms with Crippen molar-refractivity contribution in [2.24, 2.45) is 0 Å². The smallest absolute Gasteiger partial charge is 0.504 e. The number of benzene rings is 1. The summed E-state index contributed by atoms with van der Waals surface area (Å²) in [6, 6.07) is 9.24. The molecule has 0 radical (unpaired) electrons. The molecule has 9 heteroatoms. The highest BCUT2D eigenvalue weighted by Crippen LogP contribution is 2.32. The number of anilines is 1. The van der Waals surface area contributed by atoms with E-state index in [4.69, 9.17) is 4.74 Å². The summed E-state index contributed by atoms with van der Waals surface area (Å²) >= 11 is 0. The number of hydrogen-bond acceptors (Lipinski definition) is 5. The van der Waals surface area contributed by atoms with Crippen LogP contribution in [-0.2, 0) is 11.3 Å². The van der Waals surface area contributed by atoms with Crippen LogP contribution in [0.1, 0.15) is 41.4 Å². The van der Waals surface area contributed by atoms with Gasteiger partial charge >= 0.3 is 7.47 Å². The molecule has 0 saturated heterocycles. The second-order valence-electron chi connectivity index (χ2n) is 8.08. The Bertz CT molecular complexity index is 1200. The summed E-state index contributed by atoms with van der Waals surface area (Å²) in [5, 5.41) is 0. The summed E-state index contributed by atoms with van der Waals surface area (Å²) in [4.78, 5) is 28.1. The van der Waals surface area contributed by atoms with Gasteiger partial charge in [-0.3, -0.25) is 9.59 Å². The number of pyridine rings is 1. The number of methoxy groups -OCH3 is 1. The zero-order valence-corrected chi connectivity index (χ0v) is 20.2. The molecule has 1 aromatic heterocycles. The molecule has 2 aromatic rings. The van der Waals surface area contributed by atoms with Gasteiger partial charge in [-0.25, -0.2) is 8.63 Å². The third kappa shape index (κ3) is 6.36. The van der Waals surface area contributed by atoms with Gasteiger partial charge < -0.3 is 18.9 Å². The molecule has 35 heavy (non-hydrogen) atoms. The first-order valence-electron chi connectivity index (χ1n) is 11.5. The van der Waals surface area contributed by atoms with E-state index in [-0.39, 0.29) is 13.2 Å². The maximum atomic E-state index is 13.0. The Kier molecular flexibility index (Phi) is 9.20. The number of nitrogens with zero attached hydrogens (tertiary/aromatic N) is 2. The predicted octanol–water partition coefficient (Wildman–Crippen LogP) is 5.06. The molecule has 1 aliphatic rings. The lowest BCUT2D eigenvalue weighted by molar-refractivity contribution is 0.104. The van der Waals surface area contributed by atoms with E-state index in [1.54, 1.807) is 13.0 Å². The van der Waals surface area contributed by atoms with Gasteiger partial charge in [0, 0.05) is 43.3 Å². The number of allylic oxidation sites excluding steroid dienone is 5. The van der Waals surface area contributed by atoms with Crippen LogP contribution in [0.2, 0.25) is 0 Å². The minimum atomic E-state index is -3.17. The standard InChI is InChI=1S/C26H29BF2N2O4/c1-4-5-14-30-15-13-20(21-10-6-7-11-22(21)30)9-8-12-23(32)25-24(35-27(28)29)18-19(2)31(26(25)33)16-17-34-3/h6-13,15,18H,4-5,14,16-17H2,1-3H3/b12-8+,20-9+. The number of unbranched alkanes of at least 4 members (excludes halogenated alkanes) is 1. The van der Waals surface area contributed by atoms with Crippen LogP contribution in [0.3, 0.4) is 0 Å². The monoisotopic (exact) mass is 482 g/mol. The van der Waals surface area contributed by atoms with Crippen molar-refractivity contribution in [3.05, 3.63) is 88.0 Å². The topological polar surface area (TPSA) is 60.8 Å². The fourth-order valence-electron chi connectivity index (χ4n) is 3.92. The van der Waals surface area contributed by atoms with Crippen molar-refractivity contribution >= 4 is 24.5 Å². The highest BCUT2D eigenvalue weighted by molar-refractivity contribution is 6.35. The van der Waals surface area contributed by atoms with E-state index < -0.39 is 30.1 Å². The Morgan fingerprint density at radius 2 is 1.97 bits per heavy atom. The molecule has 1 aromatic carbocycles. The quantitative estimate of drug-likeness (QED) is 0.255. The summed E-state index contributed by atoms with van der Waals surface area (Å²) in [6.45, 7) is 5.04. The average Bonchev–Trinajstić information content (AvgIpc) is 2.82.